The molecular formula is C31H35N3O4. The van der Waals surface area contributed by atoms with Crippen LogP contribution in [0.5, 0.6) is 0 Å². The highest BCUT2D eigenvalue weighted by atomic mass is 16.5. The van der Waals surface area contributed by atoms with Crippen LogP contribution in [0.15, 0.2) is 42.5 Å². The molecule has 2 aromatic carbocycles. The fourth-order valence-corrected chi connectivity index (χ4v) is 7.30. The van der Waals surface area contributed by atoms with Crippen LogP contribution in [0.4, 0.5) is 4.79 Å². The zero-order valence-electron chi connectivity index (χ0n) is 22.0. The predicted octanol–water partition coefficient (Wildman–Crippen LogP) is 5.42. The molecule has 3 heterocycles. The van der Waals surface area contributed by atoms with Crippen LogP contribution in [0.3, 0.4) is 0 Å². The van der Waals surface area contributed by atoms with Gasteiger partial charge in [0.25, 0.3) is 0 Å². The molecule has 0 spiro atoms. The van der Waals surface area contributed by atoms with Crippen molar-refractivity contribution in [2.24, 2.45) is 0 Å². The van der Waals surface area contributed by atoms with Gasteiger partial charge in [0.05, 0.1) is 37.1 Å². The fourth-order valence-electron chi connectivity index (χ4n) is 7.30. The number of methoxy groups -OCH3 is 1. The summed E-state index contributed by atoms with van der Waals surface area (Å²) in [6, 6.07) is 14.8. The lowest BCUT2D eigenvalue weighted by atomic mass is 9.81. The second-order valence-corrected chi connectivity index (χ2v) is 11.4. The van der Waals surface area contributed by atoms with E-state index in [0.717, 1.165) is 11.9 Å². The number of esters is 1. The fraction of sp³-hybridized carbons (Fsp3) is 0.484. The molecule has 198 valence electrons. The Balaban J connectivity index is 1.41. The average molecular weight is 514 g/mol. The Bertz CT molecular complexity index is 1420. The monoisotopic (exact) mass is 513 g/mol. The Hall–Kier alpha value is -3.32. The first kappa shape index (κ1) is 23.8. The summed E-state index contributed by atoms with van der Waals surface area (Å²) in [6.45, 7) is 3.09. The van der Waals surface area contributed by atoms with Gasteiger partial charge in [0.2, 0.25) is 0 Å². The van der Waals surface area contributed by atoms with Crippen molar-refractivity contribution in [3.05, 3.63) is 59.2 Å². The van der Waals surface area contributed by atoms with E-state index in [4.69, 9.17) is 9.47 Å². The number of carbonyl (C=O) groups is 2. The maximum atomic E-state index is 13.4. The quantitative estimate of drug-likeness (QED) is 0.475. The van der Waals surface area contributed by atoms with E-state index in [0.29, 0.717) is 44.3 Å². The van der Waals surface area contributed by atoms with Crippen molar-refractivity contribution in [1.29, 1.82) is 0 Å². The molecule has 2 saturated carbocycles. The van der Waals surface area contributed by atoms with Crippen LogP contribution in [0.1, 0.15) is 71.8 Å². The summed E-state index contributed by atoms with van der Waals surface area (Å²) in [5.74, 6) is 0.435. The van der Waals surface area contributed by atoms with E-state index in [-0.39, 0.29) is 23.5 Å². The maximum absolute atomic E-state index is 13.4. The molecule has 2 atom stereocenters. The first-order valence-corrected chi connectivity index (χ1v) is 14.1. The van der Waals surface area contributed by atoms with Gasteiger partial charge in [-0.1, -0.05) is 49.6 Å². The van der Waals surface area contributed by atoms with Crippen LogP contribution in [0, 0.1) is 0 Å². The number of hydrogen-bond acceptors (Lipinski definition) is 4. The van der Waals surface area contributed by atoms with Crippen LogP contribution in [-0.2, 0) is 16.0 Å². The van der Waals surface area contributed by atoms with Gasteiger partial charge >= 0.3 is 12.0 Å². The van der Waals surface area contributed by atoms with E-state index < -0.39 is 0 Å². The molecule has 3 aromatic rings. The van der Waals surface area contributed by atoms with Crippen molar-refractivity contribution in [3.63, 3.8) is 0 Å². The van der Waals surface area contributed by atoms with Gasteiger partial charge in [0.15, 0.2) is 0 Å². The summed E-state index contributed by atoms with van der Waals surface area (Å²) >= 11 is 0. The third-order valence-corrected chi connectivity index (χ3v) is 9.30. The van der Waals surface area contributed by atoms with E-state index in [2.05, 4.69) is 40.2 Å². The van der Waals surface area contributed by atoms with Crippen LogP contribution >= 0.6 is 0 Å². The number of aromatic nitrogens is 1. The largest absolute Gasteiger partial charge is 0.465 e. The van der Waals surface area contributed by atoms with E-state index in [1.807, 2.05) is 17.0 Å². The van der Waals surface area contributed by atoms with Crippen molar-refractivity contribution >= 4 is 22.9 Å². The second-order valence-electron chi connectivity index (χ2n) is 11.4. The minimum absolute atomic E-state index is 0.00375. The van der Waals surface area contributed by atoms with Crippen LogP contribution in [0.25, 0.3) is 22.2 Å². The van der Waals surface area contributed by atoms with Crippen LogP contribution in [0.2, 0.25) is 0 Å². The van der Waals surface area contributed by atoms with Gasteiger partial charge < -0.3 is 24.3 Å². The average Bonchev–Trinajstić information content (AvgIpc) is 3.60. The zero-order chi connectivity index (χ0) is 25.9. The number of benzene rings is 2. The molecule has 2 amide bonds. The molecule has 0 radical (unpaired) electrons. The van der Waals surface area contributed by atoms with Gasteiger partial charge in [-0.15, -0.1) is 0 Å². The second kappa shape index (κ2) is 9.16. The molecular weight excluding hydrogens is 478 g/mol. The number of fused-ring (bicyclic) bond motifs is 7. The molecule has 7 heteroatoms. The van der Waals surface area contributed by atoms with E-state index in [1.165, 1.54) is 67.0 Å². The van der Waals surface area contributed by atoms with Gasteiger partial charge in [-0.2, -0.15) is 0 Å². The lowest BCUT2D eigenvalue weighted by molar-refractivity contribution is 0.0520. The molecule has 1 saturated heterocycles. The summed E-state index contributed by atoms with van der Waals surface area (Å²) in [6.07, 6.45) is 7.09. The molecule has 2 aliphatic carbocycles. The van der Waals surface area contributed by atoms with Crippen molar-refractivity contribution in [2.45, 2.75) is 62.4 Å². The number of urea groups is 1. The molecule has 1 aromatic heterocycles. The molecule has 4 aliphatic rings. The summed E-state index contributed by atoms with van der Waals surface area (Å²) in [5.41, 5.74) is 6.55. The third kappa shape index (κ3) is 3.74. The van der Waals surface area contributed by atoms with Gasteiger partial charge in [0.1, 0.15) is 0 Å². The number of hydrogen-bond donors (Lipinski definition) is 1. The summed E-state index contributed by atoms with van der Waals surface area (Å²) in [5, 5.41) is 4.71. The topological polar surface area (TPSA) is 72.8 Å². The van der Waals surface area contributed by atoms with Gasteiger partial charge in [-0.05, 0) is 48.4 Å². The Morgan fingerprint density at radius 3 is 2.63 bits per heavy atom. The molecule has 1 N–H and O–H groups in total. The van der Waals surface area contributed by atoms with E-state index in [9.17, 15) is 9.59 Å². The maximum Gasteiger partial charge on any atom is 0.337 e. The number of ether oxygens (including phenoxy) is 2. The molecule has 0 unspecified atom stereocenters. The zero-order valence-corrected chi connectivity index (χ0v) is 22.0. The van der Waals surface area contributed by atoms with Gasteiger partial charge in [-0.3, -0.25) is 0 Å². The third-order valence-electron chi connectivity index (χ3n) is 9.30. The number of carbonyl (C=O) groups excluding carboxylic acids is 2. The Kier molecular flexibility index (Phi) is 5.73. The van der Waals surface area contributed by atoms with Gasteiger partial charge in [0, 0.05) is 42.0 Å². The Morgan fingerprint density at radius 1 is 1.05 bits per heavy atom. The van der Waals surface area contributed by atoms with Crippen molar-refractivity contribution in [1.82, 2.24) is 14.8 Å². The summed E-state index contributed by atoms with van der Waals surface area (Å²) in [7, 11) is 1.43. The number of morpholine rings is 1. The molecule has 0 bridgehead atoms. The molecule has 3 fully saturated rings. The molecule has 7 nitrogen and oxygen atoms in total. The summed E-state index contributed by atoms with van der Waals surface area (Å²) in [4.78, 5) is 27.9. The Labute approximate surface area is 223 Å². The van der Waals surface area contributed by atoms with Crippen LogP contribution < -0.4 is 5.32 Å². The van der Waals surface area contributed by atoms with Gasteiger partial charge in [-0.25, -0.2) is 9.59 Å². The number of nitrogens with one attached hydrogen (secondary N) is 1. The first-order valence-electron chi connectivity index (χ1n) is 14.1. The molecule has 7 rings (SSSR count). The lowest BCUT2D eigenvalue weighted by Crippen LogP contribution is -2.51. The SMILES string of the molecule is COC(=O)c1ccc2c(C3CCCCC3)c3n(c2c1)C[C@]1(NC(=O)N2CCOCC2)C[C@@H]1c1ccccc1-3. The van der Waals surface area contributed by atoms with Crippen molar-refractivity contribution in [3.8, 4) is 11.3 Å². The minimum Gasteiger partial charge on any atom is -0.465 e. The lowest BCUT2D eigenvalue weighted by Gasteiger charge is -2.30. The number of nitrogens with zero attached hydrogens (tertiary/aromatic N) is 2. The molecule has 2 aliphatic heterocycles. The van der Waals surface area contributed by atoms with Crippen LogP contribution in [-0.4, -0.2) is 60.4 Å². The van der Waals surface area contributed by atoms with Crippen molar-refractivity contribution < 1.29 is 19.1 Å². The Morgan fingerprint density at radius 2 is 1.84 bits per heavy atom. The summed E-state index contributed by atoms with van der Waals surface area (Å²) < 4.78 is 13.0. The number of rotatable bonds is 3. The highest BCUT2D eigenvalue weighted by molar-refractivity contribution is 5.99. The minimum atomic E-state index is -0.353. The van der Waals surface area contributed by atoms with E-state index >= 15 is 0 Å². The number of amides is 2. The highest BCUT2D eigenvalue weighted by Gasteiger charge is 2.59. The van der Waals surface area contributed by atoms with Crippen molar-refractivity contribution in [2.75, 3.05) is 33.4 Å². The normalized spacial score (nSPS) is 24.7. The standard InChI is InChI=1S/C31H35N3O4/c1-37-29(35)21-11-12-24-26(17-21)34-19-31(32-30(36)33-13-15-38-16-14-33)18-25(31)22-9-5-6-10-23(22)28(34)27(24)20-7-3-2-4-8-20/h5-6,9-12,17,20,25H,2-4,7-8,13-16,18-19H2,1H3,(H,32,36)/t25-,31-/m1/s1. The predicted molar refractivity (Wildman–Crippen MR) is 146 cm³/mol. The highest BCUT2D eigenvalue weighted by Crippen LogP contribution is 2.59. The first-order chi connectivity index (χ1) is 18.6. The smallest absolute Gasteiger partial charge is 0.337 e. The van der Waals surface area contributed by atoms with E-state index in [1.54, 1.807) is 0 Å². The molecule has 38 heavy (non-hydrogen) atoms.